The molecule has 4 nitrogen and oxygen atoms in total. The maximum atomic E-state index is 5.97. The van der Waals surface area contributed by atoms with Crippen molar-refractivity contribution in [2.75, 3.05) is 33.5 Å². The molecule has 0 aromatic heterocycles. The van der Waals surface area contributed by atoms with Gasteiger partial charge in [0.25, 0.3) is 5.97 Å². The van der Waals surface area contributed by atoms with Crippen molar-refractivity contribution in [3.63, 3.8) is 0 Å². The van der Waals surface area contributed by atoms with Gasteiger partial charge in [-0.15, -0.1) is 6.58 Å². The zero-order valence-electron chi connectivity index (χ0n) is 19.4. The van der Waals surface area contributed by atoms with Gasteiger partial charge in [-0.05, 0) is 47.5 Å². The van der Waals surface area contributed by atoms with Crippen molar-refractivity contribution in [1.29, 1.82) is 0 Å². The van der Waals surface area contributed by atoms with Gasteiger partial charge in [0.05, 0.1) is 0 Å². The van der Waals surface area contributed by atoms with Crippen LogP contribution in [0.15, 0.2) is 12.2 Å². The fourth-order valence-corrected chi connectivity index (χ4v) is 3.01. The number of hydrogen-bond donors (Lipinski definition) is 0. The lowest BCUT2D eigenvalue weighted by Crippen LogP contribution is -2.47. The number of unbranched alkanes of at least 4 members (excludes halogenated alkanes) is 5. The molecule has 0 fully saturated rings. The molecule has 0 spiro atoms. The summed E-state index contributed by atoms with van der Waals surface area (Å²) in [5, 5.41) is 0. The Hall–Kier alpha value is -0.420. The average molecular weight is 389 g/mol. The Kier molecular flexibility index (Phi) is 21.7. The Morgan fingerprint density at radius 1 is 0.778 bits per heavy atom. The largest absolute Gasteiger partial charge is 0.385 e. The molecule has 0 aliphatic heterocycles. The maximum Gasteiger partial charge on any atom is 0.285 e. The second-order valence-corrected chi connectivity index (χ2v) is 7.14. The highest BCUT2D eigenvalue weighted by Gasteiger charge is 2.41. The third-order valence-electron chi connectivity index (χ3n) is 4.11. The minimum Gasteiger partial charge on any atom is -0.385 e. The summed E-state index contributed by atoms with van der Waals surface area (Å²) in [6.45, 7) is 18.2. The van der Waals surface area contributed by atoms with E-state index >= 15 is 0 Å². The van der Waals surface area contributed by atoms with Gasteiger partial charge in [-0.1, -0.05) is 51.0 Å². The molecular formula is C23H48O4. The van der Waals surface area contributed by atoms with E-state index < -0.39 is 5.97 Å². The first kappa shape index (κ1) is 28.8. The van der Waals surface area contributed by atoms with E-state index in [0.717, 1.165) is 12.8 Å². The van der Waals surface area contributed by atoms with Crippen LogP contribution in [-0.4, -0.2) is 39.5 Å². The van der Waals surface area contributed by atoms with E-state index in [-0.39, 0.29) is 5.92 Å². The predicted octanol–water partition coefficient (Wildman–Crippen LogP) is 6.74. The first-order valence-electron chi connectivity index (χ1n) is 11.0. The molecule has 0 bridgehead atoms. The Balaban J connectivity index is 0. The van der Waals surface area contributed by atoms with Crippen molar-refractivity contribution in [2.24, 2.45) is 5.92 Å². The molecule has 27 heavy (non-hydrogen) atoms. The number of rotatable bonds is 17. The molecule has 0 saturated heterocycles. The van der Waals surface area contributed by atoms with E-state index in [2.05, 4.69) is 13.5 Å². The van der Waals surface area contributed by atoms with Gasteiger partial charge >= 0.3 is 0 Å². The van der Waals surface area contributed by atoms with Crippen molar-refractivity contribution in [3.8, 4) is 0 Å². The van der Waals surface area contributed by atoms with Crippen molar-refractivity contribution in [3.05, 3.63) is 12.2 Å². The molecule has 0 rings (SSSR count). The van der Waals surface area contributed by atoms with Gasteiger partial charge in [-0.25, -0.2) is 0 Å². The van der Waals surface area contributed by atoms with Crippen molar-refractivity contribution >= 4 is 0 Å². The lowest BCUT2D eigenvalue weighted by atomic mass is 9.94. The Bertz CT molecular complexity index is 296. The lowest BCUT2D eigenvalue weighted by molar-refractivity contribution is -0.403. The van der Waals surface area contributed by atoms with Gasteiger partial charge in [0, 0.05) is 39.5 Å². The molecule has 0 heterocycles. The molecular weight excluding hydrogens is 340 g/mol. The van der Waals surface area contributed by atoms with Crippen LogP contribution >= 0.6 is 0 Å². The summed E-state index contributed by atoms with van der Waals surface area (Å²) in [6.07, 6.45) is 9.69. The van der Waals surface area contributed by atoms with Gasteiger partial charge in [0.15, 0.2) is 0 Å². The predicted molar refractivity (Wildman–Crippen MR) is 116 cm³/mol. The normalized spacial score (nSPS) is 12.4. The molecule has 1 unspecified atom stereocenters. The second kappa shape index (κ2) is 20.3. The first-order chi connectivity index (χ1) is 12.9. The summed E-state index contributed by atoms with van der Waals surface area (Å²) in [7, 11) is 1.74. The summed E-state index contributed by atoms with van der Waals surface area (Å²) in [5.74, 6) is -0.714. The summed E-state index contributed by atoms with van der Waals surface area (Å²) in [5.41, 5.74) is 1.17. The highest BCUT2D eigenvalue weighted by atomic mass is 16.9. The minimum absolute atomic E-state index is 0.202. The molecule has 4 heteroatoms. The van der Waals surface area contributed by atoms with Crippen LogP contribution in [0.3, 0.4) is 0 Å². The third-order valence-corrected chi connectivity index (χ3v) is 4.11. The monoisotopic (exact) mass is 388 g/mol. The van der Waals surface area contributed by atoms with E-state index in [1.54, 1.807) is 7.11 Å². The molecule has 1 atom stereocenters. The maximum absolute atomic E-state index is 5.97. The SMILES string of the molecule is C=C(C)C.CCCCCCCCC(CCOC)C(OCC)(OCC)OCC. The molecule has 0 N–H and O–H groups in total. The standard InChI is InChI=1S/C19H40O4.C4H8/c1-6-10-11-12-13-14-15-18(16-17-20-5)19(21-7-2,22-8-3)23-9-4;1-4(2)3/h18H,6-17H2,1-5H3;1H2,2-3H3. The van der Waals surface area contributed by atoms with E-state index in [4.69, 9.17) is 18.9 Å². The van der Waals surface area contributed by atoms with Crippen LogP contribution in [-0.2, 0) is 18.9 Å². The smallest absolute Gasteiger partial charge is 0.285 e. The molecule has 164 valence electrons. The molecule has 0 aromatic rings. The van der Waals surface area contributed by atoms with Gasteiger partial charge in [-0.3, -0.25) is 0 Å². The molecule has 0 amide bonds. The van der Waals surface area contributed by atoms with Crippen LogP contribution in [0.4, 0.5) is 0 Å². The number of allylic oxidation sites excluding steroid dienone is 1. The fourth-order valence-electron chi connectivity index (χ4n) is 3.01. The average Bonchev–Trinajstić information content (AvgIpc) is 2.60. The van der Waals surface area contributed by atoms with Crippen LogP contribution in [0.1, 0.15) is 92.9 Å². The quantitative estimate of drug-likeness (QED) is 0.157. The molecule has 0 radical (unpaired) electrons. The van der Waals surface area contributed by atoms with E-state index in [1.807, 2.05) is 34.6 Å². The highest BCUT2D eigenvalue weighted by Crippen LogP contribution is 2.33. The summed E-state index contributed by atoms with van der Waals surface area (Å²) >= 11 is 0. The van der Waals surface area contributed by atoms with Crippen LogP contribution < -0.4 is 0 Å². The Labute approximate surface area is 170 Å². The van der Waals surface area contributed by atoms with Gasteiger partial charge in [0.2, 0.25) is 0 Å². The Morgan fingerprint density at radius 2 is 1.22 bits per heavy atom. The number of hydrogen-bond acceptors (Lipinski definition) is 4. The lowest BCUT2D eigenvalue weighted by Gasteiger charge is -2.39. The zero-order valence-corrected chi connectivity index (χ0v) is 19.4. The minimum atomic E-state index is -0.916. The number of ether oxygens (including phenoxy) is 4. The van der Waals surface area contributed by atoms with E-state index in [0.29, 0.717) is 26.4 Å². The van der Waals surface area contributed by atoms with Crippen LogP contribution in [0.5, 0.6) is 0 Å². The van der Waals surface area contributed by atoms with Crippen molar-refractivity contribution < 1.29 is 18.9 Å². The topological polar surface area (TPSA) is 36.9 Å². The summed E-state index contributed by atoms with van der Waals surface area (Å²) < 4.78 is 23.2. The van der Waals surface area contributed by atoms with E-state index in [1.165, 1.54) is 44.1 Å². The summed E-state index contributed by atoms with van der Waals surface area (Å²) in [4.78, 5) is 0. The molecule has 0 saturated carbocycles. The Morgan fingerprint density at radius 3 is 1.63 bits per heavy atom. The van der Waals surface area contributed by atoms with Crippen molar-refractivity contribution in [1.82, 2.24) is 0 Å². The first-order valence-corrected chi connectivity index (χ1v) is 11.0. The fraction of sp³-hybridized carbons (Fsp3) is 0.913. The van der Waals surface area contributed by atoms with E-state index in [9.17, 15) is 0 Å². The van der Waals surface area contributed by atoms with Crippen LogP contribution in [0.25, 0.3) is 0 Å². The van der Waals surface area contributed by atoms with Crippen LogP contribution in [0, 0.1) is 5.92 Å². The van der Waals surface area contributed by atoms with Crippen molar-refractivity contribution in [2.45, 2.75) is 98.9 Å². The third kappa shape index (κ3) is 16.3. The van der Waals surface area contributed by atoms with Gasteiger partial charge in [0.1, 0.15) is 0 Å². The zero-order chi connectivity index (χ0) is 21.0. The van der Waals surface area contributed by atoms with Gasteiger partial charge < -0.3 is 18.9 Å². The van der Waals surface area contributed by atoms with Gasteiger partial charge in [-0.2, -0.15) is 0 Å². The highest BCUT2D eigenvalue weighted by molar-refractivity contribution is 4.79. The summed E-state index contributed by atoms with van der Waals surface area (Å²) in [6, 6.07) is 0. The number of methoxy groups -OCH3 is 1. The van der Waals surface area contributed by atoms with Crippen LogP contribution in [0.2, 0.25) is 0 Å². The molecule has 0 aliphatic carbocycles. The second-order valence-electron chi connectivity index (χ2n) is 7.14. The molecule has 0 aromatic carbocycles. The molecule has 0 aliphatic rings.